The minimum atomic E-state index is -0.0186. The zero-order valence-electron chi connectivity index (χ0n) is 11.8. The van der Waals surface area contributed by atoms with Gasteiger partial charge < -0.3 is 9.84 Å². The number of hydrogen-bond donors (Lipinski definition) is 1. The van der Waals surface area contributed by atoms with E-state index < -0.39 is 0 Å². The van der Waals surface area contributed by atoms with Crippen molar-refractivity contribution in [2.45, 2.75) is 19.9 Å². The maximum atomic E-state index is 5.98. The van der Waals surface area contributed by atoms with Gasteiger partial charge in [0.2, 0.25) is 5.82 Å². The summed E-state index contributed by atoms with van der Waals surface area (Å²) in [6.07, 6.45) is 1.84. The second kappa shape index (κ2) is 6.24. The van der Waals surface area contributed by atoms with E-state index in [4.69, 9.17) is 27.7 Å². The minimum Gasteiger partial charge on any atom is -0.329 e. The van der Waals surface area contributed by atoms with Crippen molar-refractivity contribution < 1.29 is 4.52 Å². The van der Waals surface area contributed by atoms with Crippen molar-refractivity contribution in [1.82, 2.24) is 15.1 Å². The molecular weight excluding hydrogens is 343 g/mol. The lowest BCUT2D eigenvalue weighted by molar-refractivity contribution is 0.429. The molecule has 0 aliphatic rings. The molecular formula is C14H12Cl2N4OS. The van der Waals surface area contributed by atoms with E-state index in [9.17, 15) is 0 Å². The summed E-state index contributed by atoms with van der Waals surface area (Å²) in [4.78, 5) is 9.79. The zero-order valence-corrected chi connectivity index (χ0v) is 14.1. The number of nitrogens with one attached hydrogen (secondary N) is 1. The molecule has 2 aromatic heterocycles. The summed E-state index contributed by atoms with van der Waals surface area (Å²) in [6.45, 7) is 4.00. The maximum absolute atomic E-state index is 5.98. The van der Waals surface area contributed by atoms with Gasteiger partial charge in [0.05, 0.1) is 6.04 Å². The van der Waals surface area contributed by atoms with Gasteiger partial charge >= 0.3 is 6.01 Å². The van der Waals surface area contributed by atoms with Crippen LogP contribution in [0.15, 0.2) is 28.9 Å². The van der Waals surface area contributed by atoms with E-state index in [2.05, 4.69) is 20.4 Å². The van der Waals surface area contributed by atoms with Crippen molar-refractivity contribution in [2.24, 2.45) is 0 Å². The van der Waals surface area contributed by atoms with Gasteiger partial charge in [-0.15, -0.1) is 11.3 Å². The van der Waals surface area contributed by atoms with Gasteiger partial charge in [-0.2, -0.15) is 4.98 Å². The fourth-order valence-corrected chi connectivity index (χ4v) is 3.20. The molecule has 0 aliphatic heterocycles. The van der Waals surface area contributed by atoms with Crippen molar-refractivity contribution in [3.63, 3.8) is 0 Å². The fraction of sp³-hybridized carbons (Fsp3) is 0.214. The van der Waals surface area contributed by atoms with Crippen molar-refractivity contribution in [2.75, 3.05) is 5.32 Å². The molecule has 5 nitrogen and oxygen atoms in total. The highest BCUT2D eigenvalue weighted by atomic mass is 35.5. The highest BCUT2D eigenvalue weighted by molar-refractivity contribution is 7.11. The van der Waals surface area contributed by atoms with Crippen molar-refractivity contribution in [3.05, 3.63) is 44.3 Å². The van der Waals surface area contributed by atoms with Crippen LogP contribution in [-0.4, -0.2) is 15.1 Å². The quantitative estimate of drug-likeness (QED) is 0.715. The Kier molecular flexibility index (Phi) is 4.33. The second-order valence-electron chi connectivity index (χ2n) is 4.76. The van der Waals surface area contributed by atoms with Gasteiger partial charge in [-0.1, -0.05) is 28.4 Å². The Bertz CT molecular complexity index is 781. The molecule has 0 aliphatic carbocycles. The van der Waals surface area contributed by atoms with Gasteiger partial charge in [-0.05, 0) is 32.0 Å². The molecule has 1 atom stereocenters. The predicted molar refractivity (Wildman–Crippen MR) is 88.6 cm³/mol. The van der Waals surface area contributed by atoms with Crippen LogP contribution >= 0.6 is 34.5 Å². The van der Waals surface area contributed by atoms with Crippen LogP contribution in [0.25, 0.3) is 11.4 Å². The second-order valence-corrected chi connectivity index (χ2v) is 6.90. The van der Waals surface area contributed by atoms with Crippen molar-refractivity contribution in [1.29, 1.82) is 0 Å². The van der Waals surface area contributed by atoms with Crippen molar-refractivity contribution in [3.8, 4) is 11.4 Å². The number of rotatable bonds is 4. The Morgan fingerprint density at radius 2 is 1.95 bits per heavy atom. The summed E-state index contributed by atoms with van der Waals surface area (Å²) in [5.74, 6) is 0.425. The summed E-state index contributed by atoms with van der Waals surface area (Å²) in [5.41, 5.74) is 0.701. The third-order valence-electron chi connectivity index (χ3n) is 2.90. The third kappa shape index (κ3) is 3.40. The molecule has 0 amide bonds. The van der Waals surface area contributed by atoms with Crippen LogP contribution in [-0.2, 0) is 0 Å². The summed E-state index contributed by atoms with van der Waals surface area (Å²) in [7, 11) is 0. The smallest absolute Gasteiger partial charge is 0.322 e. The van der Waals surface area contributed by atoms with E-state index in [0.717, 1.165) is 9.88 Å². The van der Waals surface area contributed by atoms with E-state index in [1.807, 2.05) is 20.0 Å². The Hall–Kier alpha value is -1.63. The van der Waals surface area contributed by atoms with Crippen LogP contribution in [0.1, 0.15) is 22.9 Å². The molecule has 22 heavy (non-hydrogen) atoms. The van der Waals surface area contributed by atoms with Crippen molar-refractivity contribution >= 4 is 40.6 Å². The molecule has 0 saturated carbocycles. The van der Waals surface area contributed by atoms with E-state index in [0.29, 0.717) is 27.4 Å². The average Bonchev–Trinajstić information content (AvgIpc) is 3.06. The molecule has 1 N–H and O–H groups in total. The Morgan fingerprint density at radius 3 is 2.59 bits per heavy atom. The number of aromatic nitrogens is 3. The van der Waals surface area contributed by atoms with Crippen LogP contribution in [0.5, 0.6) is 0 Å². The summed E-state index contributed by atoms with van der Waals surface area (Å²) < 4.78 is 5.22. The van der Waals surface area contributed by atoms with Crippen LogP contribution in [0.3, 0.4) is 0 Å². The van der Waals surface area contributed by atoms with E-state index in [1.54, 1.807) is 29.5 Å². The maximum Gasteiger partial charge on any atom is 0.322 e. The van der Waals surface area contributed by atoms with Crippen LogP contribution in [0, 0.1) is 6.92 Å². The Morgan fingerprint density at radius 1 is 1.23 bits per heavy atom. The predicted octanol–water partition coefficient (Wildman–Crippen LogP) is 4.98. The topological polar surface area (TPSA) is 63.8 Å². The van der Waals surface area contributed by atoms with Crippen LogP contribution in [0.2, 0.25) is 10.0 Å². The van der Waals surface area contributed by atoms with Crippen LogP contribution < -0.4 is 5.32 Å². The highest BCUT2D eigenvalue weighted by Gasteiger charge is 2.15. The molecule has 3 aromatic rings. The fourth-order valence-electron chi connectivity index (χ4n) is 1.90. The average molecular weight is 355 g/mol. The summed E-state index contributed by atoms with van der Waals surface area (Å²) in [6, 6.07) is 5.42. The highest BCUT2D eigenvalue weighted by Crippen LogP contribution is 2.27. The first kappa shape index (κ1) is 15.3. The van der Waals surface area contributed by atoms with Gasteiger partial charge in [0.15, 0.2) is 0 Å². The lowest BCUT2D eigenvalue weighted by Gasteiger charge is -2.07. The van der Waals surface area contributed by atoms with Gasteiger partial charge in [0, 0.05) is 26.7 Å². The number of nitrogens with zero attached hydrogens (tertiary/aromatic N) is 3. The lowest BCUT2D eigenvalue weighted by atomic mass is 10.2. The molecule has 1 aromatic carbocycles. The number of benzene rings is 1. The van der Waals surface area contributed by atoms with E-state index in [-0.39, 0.29) is 6.04 Å². The van der Waals surface area contributed by atoms with E-state index in [1.165, 1.54) is 0 Å². The minimum absolute atomic E-state index is 0.0186. The SMILES string of the molecule is Cc1cnc(C(C)Nc2nc(-c3cc(Cl)cc(Cl)c3)no2)s1. The Balaban J connectivity index is 1.79. The number of anilines is 1. The van der Waals surface area contributed by atoms with Crippen LogP contribution in [0.4, 0.5) is 6.01 Å². The van der Waals surface area contributed by atoms with E-state index >= 15 is 0 Å². The lowest BCUT2D eigenvalue weighted by Crippen LogP contribution is -2.06. The molecule has 114 valence electrons. The number of thiazole rings is 1. The molecule has 3 rings (SSSR count). The van der Waals surface area contributed by atoms with Gasteiger partial charge in [-0.3, -0.25) is 0 Å². The largest absolute Gasteiger partial charge is 0.329 e. The van der Waals surface area contributed by atoms with Gasteiger partial charge in [0.1, 0.15) is 5.01 Å². The third-order valence-corrected chi connectivity index (χ3v) is 4.43. The normalized spacial score (nSPS) is 12.4. The molecule has 0 saturated heterocycles. The van der Waals surface area contributed by atoms with Gasteiger partial charge in [-0.25, -0.2) is 4.98 Å². The number of halogens is 2. The molecule has 0 spiro atoms. The zero-order chi connectivity index (χ0) is 15.7. The molecule has 0 radical (unpaired) electrons. The molecule has 1 unspecified atom stereocenters. The molecule has 8 heteroatoms. The molecule has 0 bridgehead atoms. The monoisotopic (exact) mass is 354 g/mol. The standard InChI is InChI=1S/C14H12Cl2N4OS/c1-7-6-17-13(22-7)8(2)18-14-19-12(20-21-14)9-3-10(15)5-11(16)4-9/h3-6,8H,1-2H3,(H,18,19,20). The van der Waals surface area contributed by atoms with Gasteiger partial charge in [0.25, 0.3) is 0 Å². The number of hydrogen-bond acceptors (Lipinski definition) is 6. The molecule has 2 heterocycles. The summed E-state index contributed by atoms with van der Waals surface area (Å²) in [5, 5.41) is 9.07. The number of aryl methyl sites for hydroxylation is 1. The first-order chi connectivity index (χ1) is 10.5. The first-order valence-electron chi connectivity index (χ1n) is 6.50. The summed E-state index contributed by atoms with van der Waals surface area (Å²) >= 11 is 13.6. The Labute approximate surface area is 141 Å². The first-order valence-corrected chi connectivity index (χ1v) is 8.07. The molecule has 0 fully saturated rings.